The maximum Gasteiger partial charge on any atom is 0.133 e. The number of ether oxygens (including phenoxy) is 2. The molecule has 1 aromatic rings. The summed E-state index contributed by atoms with van der Waals surface area (Å²) in [6.45, 7) is 8.53. The standard InChI is InChI=1S/C16H25BrN2O2/c1-15(2)9-11(16(3,4)21-15)14(19-18)10-6-7-13(20-5)12(17)8-10/h6-8,11,14,19H,9,18H2,1-5H3. The van der Waals surface area contributed by atoms with E-state index in [4.69, 9.17) is 15.3 Å². The van der Waals surface area contributed by atoms with Crippen LogP contribution in [-0.2, 0) is 4.74 Å². The lowest BCUT2D eigenvalue weighted by molar-refractivity contribution is -0.0779. The van der Waals surface area contributed by atoms with Crippen molar-refractivity contribution in [2.45, 2.75) is 51.4 Å². The SMILES string of the molecule is COc1ccc(C(NN)C2CC(C)(C)OC2(C)C)cc1Br. The number of benzene rings is 1. The zero-order valence-electron chi connectivity index (χ0n) is 13.4. The number of methoxy groups -OCH3 is 1. The molecule has 2 unspecified atom stereocenters. The van der Waals surface area contributed by atoms with E-state index < -0.39 is 0 Å². The van der Waals surface area contributed by atoms with Gasteiger partial charge in [0.15, 0.2) is 0 Å². The molecule has 1 aromatic carbocycles. The van der Waals surface area contributed by atoms with E-state index in [0.717, 1.165) is 22.2 Å². The van der Waals surface area contributed by atoms with Gasteiger partial charge in [-0.3, -0.25) is 11.3 Å². The average Bonchev–Trinajstić information content (AvgIpc) is 2.59. The number of hydrogen-bond donors (Lipinski definition) is 2. The van der Waals surface area contributed by atoms with Gasteiger partial charge >= 0.3 is 0 Å². The second-order valence-electron chi connectivity index (χ2n) is 6.81. The summed E-state index contributed by atoms with van der Waals surface area (Å²) < 4.78 is 12.4. The predicted molar refractivity (Wildman–Crippen MR) is 88.1 cm³/mol. The molecule has 3 N–H and O–H groups in total. The molecule has 4 nitrogen and oxygen atoms in total. The van der Waals surface area contributed by atoms with Gasteiger partial charge in [-0.1, -0.05) is 6.07 Å². The van der Waals surface area contributed by atoms with Gasteiger partial charge in [-0.25, -0.2) is 0 Å². The normalized spacial score (nSPS) is 24.8. The first-order valence-corrected chi connectivity index (χ1v) is 7.99. The molecule has 5 heteroatoms. The second kappa shape index (κ2) is 5.88. The summed E-state index contributed by atoms with van der Waals surface area (Å²) in [4.78, 5) is 0. The lowest BCUT2D eigenvalue weighted by Crippen LogP contribution is -2.41. The van der Waals surface area contributed by atoms with E-state index in [9.17, 15) is 0 Å². The molecule has 1 saturated heterocycles. The van der Waals surface area contributed by atoms with Gasteiger partial charge in [-0.15, -0.1) is 0 Å². The van der Waals surface area contributed by atoms with Crippen molar-refractivity contribution in [3.8, 4) is 5.75 Å². The summed E-state index contributed by atoms with van der Waals surface area (Å²) in [5, 5.41) is 0. The summed E-state index contributed by atoms with van der Waals surface area (Å²) >= 11 is 3.54. The fourth-order valence-electron chi connectivity index (χ4n) is 3.44. The van der Waals surface area contributed by atoms with Gasteiger partial charge in [0.1, 0.15) is 5.75 Å². The lowest BCUT2D eigenvalue weighted by Gasteiger charge is -2.33. The van der Waals surface area contributed by atoms with E-state index in [2.05, 4.69) is 61.2 Å². The number of nitrogens with one attached hydrogen (secondary N) is 1. The molecule has 0 aliphatic carbocycles. The monoisotopic (exact) mass is 356 g/mol. The third kappa shape index (κ3) is 3.42. The molecule has 2 atom stereocenters. The zero-order valence-corrected chi connectivity index (χ0v) is 15.0. The highest BCUT2D eigenvalue weighted by Gasteiger charge is 2.49. The van der Waals surface area contributed by atoms with Crippen molar-refractivity contribution in [1.29, 1.82) is 0 Å². The van der Waals surface area contributed by atoms with Crippen LogP contribution in [0.4, 0.5) is 0 Å². The topological polar surface area (TPSA) is 56.5 Å². The van der Waals surface area contributed by atoms with E-state index in [-0.39, 0.29) is 23.2 Å². The summed E-state index contributed by atoms with van der Waals surface area (Å²) in [5.74, 6) is 6.97. The molecular formula is C16H25BrN2O2. The third-order valence-electron chi connectivity index (χ3n) is 4.26. The molecule has 0 saturated carbocycles. The third-order valence-corrected chi connectivity index (χ3v) is 4.88. The molecule has 118 valence electrons. The fourth-order valence-corrected chi connectivity index (χ4v) is 4.00. The van der Waals surface area contributed by atoms with Gasteiger partial charge in [-0.2, -0.15) is 0 Å². The Balaban J connectivity index is 2.34. The smallest absolute Gasteiger partial charge is 0.133 e. The minimum atomic E-state index is -0.229. The van der Waals surface area contributed by atoms with Gasteiger partial charge in [0.2, 0.25) is 0 Å². The van der Waals surface area contributed by atoms with Crippen LogP contribution in [0.3, 0.4) is 0 Å². The highest BCUT2D eigenvalue weighted by molar-refractivity contribution is 9.10. The highest BCUT2D eigenvalue weighted by atomic mass is 79.9. The molecule has 1 heterocycles. The molecule has 21 heavy (non-hydrogen) atoms. The average molecular weight is 357 g/mol. The van der Waals surface area contributed by atoms with Crippen LogP contribution in [0.15, 0.2) is 22.7 Å². The quantitative estimate of drug-likeness (QED) is 0.639. The summed E-state index contributed by atoms with van der Waals surface area (Å²) in [6.07, 6.45) is 0.957. The molecule has 0 radical (unpaired) electrons. The summed E-state index contributed by atoms with van der Waals surface area (Å²) in [7, 11) is 1.66. The Hall–Kier alpha value is -0.620. The first-order chi connectivity index (χ1) is 9.70. The van der Waals surface area contributed by atoms with Crippen molar-refractivity contribution < 1.29 is 9.47 Å². The van der Waals surface area contributed by atoms with Crippen molar-refractivity contribution in [2.24, 2.45) is 11.8 Å². The second-order valence-corrected chi connectivity index (χ2v) is 7.67. The molecular weight excluding hydrogens is 332 g/mol. The van der Waals surface area contributed by atoms with Crippen molar-refractivity contribution in [1.82, 2.24) is 5.43 Å². The van der Waals surface area contributed by atoms with E-state index in [0.29, 0.717) is 0 Å². The van der Waals surface area contributed by atoms with Crippen LogP contribution in [-0.4, -0.2) is 18.3 Å². The van der Waals surface area contributed by atoms with E-state index in [1.165, 1.54) is 0 Å². The van der Waals surface area contributed by atoms with Gasteiger partial charge in [0.05, 0.1) is 28.8 Å². The number of hydrazine groups is 1. The molecule has 2 rings (SSSR count). The summed E-state index contributed by atoms with van der Waals surface area (Å²) in [6, 6.07) is 6.10. The molecule has 1 aliphatic rings. The molecule has 0 aromatic heterocycles. The number of halogens is 1. The van der Waals surface area contributed by atoms with Crippen LogP contribution in [0.2, 0.25) is 0 Å². The molecule has 0 amide bonds. The summed E-state index contributed by atoms with van der Waals surface area (Å²) in [5.41, 5.74) is 3.74. The Morgan fingerprint density at radius 3 is 2.48 bits per heavy atom. The van der Waals surface area contributed by atoms with Crippen LogP contribution >= 0.6 is 15.9 Å². The minimum absolute atomic E-state index is 0.0315. The first kappa shape index (κ1) is 16.7. The Kier molecular flexibility index (Phi) is 4.69. The Morgan fingerprint density at radius 2 is 2.05 bits per heavy atom. The van der Waals surface area contributed by atoms with Gasteiger partial charge in [-0.05, 0) is 67.7 Å². The minimum Gasteiger partial charge on any atom is -0.496 e. The number of nitrogens with two attached hydrogens (primary N) is 1. The van der Waals surface area contributed by atoms with Crippen molar-refractivity contribution in [3.63, 3.8) is 0 Å². The molecule has 0 spiro atoms. The van der Waals surface area contributed by atoms with Crippen molar-refractivity contribution in [2.75, 3.05) is 7.11 Å². The first-order valence-electron chi connectivity index (χ1n) is 7.20. The highest BCUT2D eigenvalue weighted by Crippen LogP contribution is 2.47. The van der Waals surface area contributed by atoms with Gasteiger partial charge in [0, 0.05) is 5.92 Å². The molecule has 1 fully saturated rings. The lowest BCUT2D eigenvalue weighted by atomic mass is 9.79. The Morgan fingerprint density at radius 1 is 1.38 bits per heavy atom. The van der Waals surface area contributed by atoms with Crippen LogP contribution in [0, 0.1) is 5.92 Å². The molecule has 1 aliphatic heterocycles. The maximum atomic E-state index is 6.20. The number of rotatable bonds is 4. The van der Waals surface area contributed by atoms with E-state index >= 15 is 0 Å². The molecule has 0 bridgehead atoms. The van der Waals surface area contributed by atoms with Crippen LogP contribution in [0.5, 0.6) is 5.75 Å². The van der Waals surface area contributed by atoms with E-state index in [1.54, 1.807) is 7.11 Å². The van der Waals surface area contributed by atoms with Crippen LogP contribution in [0.25, 0.3) is 0 Å². The van der Waals surface area contributed by atoms with Gasteiger partial charge < -0.3 is 9.47 Å². The van der Waals surface area contributed by atoms with E-state index in [1.807, 2.05) is 6.07 Å². The van der Waals surface area contributed by atoms with Gasteiger partial charge in [0.25, 0.3) is 0 Å². The zero-order chi connectivity index (χ0) is 15.8. The largest absolute Gasteiger partial charge is 0.496 e. The Labute approximate surface area is 135 Å². The van der Waals surface area contributed by atoms with Crippen molar-refractivity contribution >= 4 is 15.9 Å². The maximum absolute atomic E-state index is 6.20. The van der Waals surface area contributed by atoms with Crippen molar-refractivity contribution in [3.05, 3.63) is 28.2 Å². The fraction of sp³-hybridized carbons (Fsp3) is 0.625. The predicted octanol–water partition coefficient (Wildman–Crippen LogP) is 3.56. The number of hydrogen-bond acceptors (Lipinski definition) is 4. The van der Waals surface area contributed by atoms with Crippen LogP contribution in [0.1, 0.15) is 45.7 Å². The Bertz CT molecular complexity index is 517. The van der Waals surface area contributed by atoms with Crippen LogP contribution < -0.4 is 16.0 Å².